The molecule has 0 fully saturated rings. The quantitative estimate of drug-likeness (QED) is 0.487. The van der Waals surface area contributed by atoms with E-state index in [4.69, 9.17) is 24.3 Å². The van der Waals surface area contributed by atoms with Gasteiger partial charge in [0.2, 0.25) is 0 Å². The first kappa shape index (κ1) is 15.9. The molecule has 1 aromatic rings. The highest BCUT2D eigenvalue weighted by molar-refractivity contribution is 6.58. The van der Waals surface area contributed by atoms with E-state index in [1.165, 1.54) is 12.1 Å². The summed E-state index contributed by atoms with van der Waals surface area (Å²) in [6.45, 7) is 1.82. The van der Waals surface area contributed by atoms with Crippen molar-refractivity contribution in [2.45, 2.75) is 6.42 Å². The Morgan fingerprint density at radius 2 is 1.95 bits per heavy atom. The highest BCUT2D eigenvalue weighted by Crippen LogP contribution is 2.14. The molecule has 106 valence electrons. The van der Waals surface area contributed by atoms with Crippen LogP contribution in [0.1, 0.15) is 6.42 Å². The zero-order valence-corrected chi connectivity index (χ0v) is 10.8. The van der Waals surface area contributed by atoms with Gasteiger partial charge in [-0.05, 0) is 17.6 Å². The number of hydrogen-bond acceptors (Lipinski definition) is 5. The minimum absolute atomic E-state index is 0.00231. The predicted molar refractivity (Wildman–Crippen MR) is 69.0 cm³/mol. The van der Waals surface area contributed by atoms with E-state index in [0.29, 0.717) is 26.2 Å². The maximum Gasteiger partial charge on any atom is 0.488 e. The molecule has 0 unspecified atom stereocenters. The summed E-state index contributed by atoms with van der Waals surface area (Å²) in [4.78, 5) is 0. The molecule has 0 heterocycles. The number of benzene rings is 1. The summed E-state index contributed by atoms with van der Waals surface area (Å²) in [6, 6.07) is 3.70. The normalized spacial score (nSPS) is 10.5. The van der Waals surface area contributed by atoms with Crippen molar-refractivity contribution in [1.29, 1.82) is 0 Å². The Kier molecular flexibility index (Phi) is 7.43. The van der Waals surface area contributed by atoms with Crippen LogP contribution in [0.2, 0.25) is 0 Å². The topological polar surface area (TPSA) is 68.2 Å². The van der Waals surface area contributed by atoms with Crippen LogP contribution in [0.15, 0.2) is 18.2 Å². The number of halogens is 1. The van der Waals surface area contributed by atoms with Gasteiger partial charge in [0.1, 0.15) is 0 Å². The van der Waals surface area contributed by atoms with Crippen molar-refractivity contribution in [3.8, 4) is 5.75 Å². The molecule has 0 bridgehead atoms. The smallest absolute Gasteiger partial charge is 0.488 e. The van der Waals surface area contributed by atoms with E-state index in [0.717, 1.165) is 6.07 Å². The lowest BCUT2D eigenvalue weighted by Crippen LogP contribution is -2.29. The highest BCUT2D eigenvalue weighted by atomic mass is 19.1. The van der Waals surface area contributed by atoms with Crippen molar-refractivity contribution in [3.05, 3.63) is 24.0 Å². The third-order valence-electron chi connectivity index (χ3n) is 2.38. The summed E-state index contributed by atoms with van der Waals surface area (Å²) in [5.41, 5.74) is 0.188. The molecule has 1 rings (SSSR count). The summed E-state index contributed by atoms with van der Waals surface area (Å²) in [6.07, 6.45) is 0.606. The monoisotopic (exact) mass is 272 g/mol. The summed E-state index contributed by atoms with van der Waals surface area (Å²) in [5.74, 6) is -0.535. The number of rotatable bonds is 9. The Morgan fingerprint density at radius 3 is 2.63 bits per heavy atom. The fourth-order valence-electron chi connectivity index (χ4n) is 1.38. The molecule has 2 N–H and O–H groups in total. The van der Waals surface area contributed by atoms with Crippen LogP contribution in [0.5, 0.6) is 5.75 Å². The van der Waals surface area contributed by atoms with Gasteiger partial charge in [-0.15, -0.1) is 0 Å². The highest BCUT2D eigenvalue weighted by Gasteiger charge is 2.14. The fourth-order valence-corrected chi connectivity index (χ4v) is 1.38. The van der Waals surface area contributed by atoms with Crippen LogP contribution in [0, 0.1) is 5.82 Å². The fraction of sp³-hybridized carbons (Fsp3) is 0.500. The van der Waals surface area contributed by atoms with Gasteiger partial charge >= 0.3 is 7.12 Å². The minimum Gasteiger partial charge on any atom is -0.490 e. The Hall–Kier alpha value is -1.15. The van der Waals surface area contributed by atoms with Crippen LogP contribution in [0.3, 0.4) is 0 Å². The van der Waals surface area contributed by atoms with E-state index in [-0.39, 0.29) is 17.8 Å². The van der Waals surface area contributed by atoms with Gasteiger partial charge in [-0.1, -0.05) is 6.07 Å². The number of ether oxygens (including phenoxy) is 3. The maximum atomic E-state index is 13.4. The van der Waals surface area contributed by atoms with E-state index in [2.05, 4.69) is 0 Å². The van der Waals surface area contributed by atoms with Gasteiger partial charge in [-0.25, -0.2) is 4.39 Å². The Bertz CT molecular complexity index is 375. The van der Waals surface area contributed by atoms with E-state index in [9.17, 15) is 4.39 Å². The summed E-state index contributed by atoms with van der Waals surface area (Å²) in [7, 11) is -0.0435. The van der Waals surface area contributed by atoms with Crippen LogP contribution in [0.4, 0.5) is 4.39 Å². The standard InChI is InChI=1S/C12H18BFO5/c1-17-7-8-18-5-2-6-19-12-9-10(13(15)16)3-4-11(12)14/h3-4,9,15-16H,2,5-8H2,1H3. The Balaban J connectivity index is 2.30. The zero-order chi connectivity index (χ0) is 14.1. The molecule has 0 saturated carbocycles. The molecule has 0 radical (unpaired) electrons. The number of methoxy groups -OCH3 is 1. The molecule has 0 atom stereocenters. The van der Waals surface area contributed by atoms with Crippen LogP contribution < -0.4 is 10.2 Å². The molecular formula is C12H18BFO5. The summed E-state index contributed by atoms with van der Waals surface area (Å²) < 4.78 is 28.6. The molecule has 7 heteroatoms. The molecule has 0 saturated heterocycles. The summed E-state index contributed by atoms with van der Waals surface area (Å²) in [5, 5.41) is 18.0. The second-order valence-corrected chi connectivity index (χ2v) is 3.87. The lowest BCUT2D eigenvalue weighted by atomic mass is 9.80. The van der Waals surface area contributed by atoms with Crippen molar-refractivity contribution >= 4 is 12.6 Å². The molecule has 1 aromatic carbocycles. The van der Waals surface area contributed by atoms with Gasteiger partial charge in [0.25, 0.3) is 0 Å². The van der Waals surface area contributed by atoms with Crippen molar-refractivity contribution in [2.75, 3.05) is 33.5 Å². The van der Waals surface area contributed by atoms with Crippen molar-refractivity contribution in [2.24, 2.45) is 0 Å². The second-order valence-electron chi connectivity index (χ2n) is 3.87. The predicted octanol–water partition coefficient (Wildman–Crippen LogP) is -0.0626. The van der Waals surface area contributed by atoms with Gasteiger partial charge in [-0.3, -0.25) is 0 Å². The minimum atomic E-state index is -1.64. The molecule has 0 aliphatic carbocycles. The van der Waals surface area contributed by atoms with E-state index in [1.807, 2.05) is 0 Å². The summed E-state index contributed by atoms with van der Waals surface area (Å²) >= 11 is 0. The SMILES string of the molecule is COCCOCCCOc1cc(B(O)O)ccc1F. The van der Waals surface area contributed by atoms with Gasteiger partial charge in [0, 0.05) is 20.1 Å². The van der Waals surface area contributed by atoms with Gasteiger partial charge in [0.05, 0.1) is 19.8 Å². The average Bonchev–Trinajstić information content (AvgIpc) is 2.39. The molecule has 5 nitrogen and oxygen atoms in total. The molecule has 0 aliphatic heterocycles. The average molecular weight is 272 g/mol. The van der Waals surface area contributed by atoms with Crippen LogP contribution in [-0.4, -0.2) is 50.7 Å². The first-order valence-electron chi connectivity index (χ1n) is 6.00. The molecule has 0 aromatic heterocycles. The van der Waals surface area contributed by atoms with Crippen molar-refractivity contribution in [3.63, 3.8) is 0 Å². The molecular weight excluding hydrogens is 254 g/mol. The van der Waals surface area contributed by atoms with Crippen LogP contribution in [0.25, 0.3) is 0 Å². The maximum absolute atomic E-state index is 13.4. The van der Waals surface area contributed by atoms with E-state index in [1.54, 1.807) is 7.11 Å². The van der Waals surface area contributed by atoms with Gasteiger partial charge < -0.3 is 24.3 Å². The van der Waals surface area contributed by atoms with Gasteiger partial charge in [0.15, 0.2) is 11.6 Å². The van der Waals surface area contributed by atoms with E-state index >= 15 is 0 Å². The lowest BCUT2D eigenvalue weighted by Gasteiger charge is -2.09. The molecule has 0 spiro atoms. The third kappa shape index (κ3) is 6.02. The van der Waals surface area contributed by atoms with Crippen molar-refractivity contribution < 1.29 is 28.6 Å². The van der Waals surface area contributed by atoms with Gasteiger partial charge in [-0.2, -0.15) is 0 Å². The largest absolute Gasteiger partial charge is 0.490 e. The lowest BCUT2D eigenvalue weighted by molar-refractivity contribution is 0.0642. The van der Waals surface area contributed by atoms with E-state index < -0.39 is 12.9 Å². The molecule has 19 heavy (non-hydrogen) atoms. The van der Waals surface area contributed by atoms with Crippen LogP contribution >= 0.6 is 0 Å². The second kappa shape index (κ2) is 8.87. The zero-order valence-electron chi connectivity index (χ0n) is 10.8. The first-order chi connectivity index (χ1) is 9.15. The molecule has 0 amide bonds. The first-order valence-corrected chi connectivity index (χ1v) is 6.00. The number of hydrogen-bond donors (Lipinski definition) is 2. The Morgan fingerprint density at radius 1 is 1.16 bits per heavy atom. The molecule has 0 aliphatic rings. The van der Waals surface area contributed by atoms with Crippen molar-refractivity contribution in [1.82, 2.24) is 0 Å². The Labute approximate surface area is 112 Å². The van der Waals surface area contributed by atoms with Crippen LogP contribution in [-0.2, 0) is 9.47 Å². The third-order valence-corrected chi connectivity index (χ3v) is 2.38.